The molecule has 0 aliphatic heterocycles. The second kappa shape index (κ2) is 10.7. The lowest BCUT2D eigenvalue weighted by molar-refractivity contribution is 0.0763. The highest BCUT2D eigenvalue weighted by Crippen LogP contribution is 1.94. The van der Waals surface area contributed by atoms with Crippen LogP contribution in [-0.2, 0) is 4.74 Å². The summed E-state index contributed by atoms with van der Waals surface area (Å²) in [5.41, 5.74) is 0. The molecule has 0 aromatic carbocycles. The number of aliphatic imine (C=N–C) groups is 1. The van der Waals surface area contributed by atoms with Crippen LogP contribution < -0.4 is 10.6 Å². The van der Waals surface area contributed by atoms with Crippen molar-refractivity contribution in [1.82, 2.24) is 10.6 Å². The monoisotopic (exact) mass is 229 g/mol. The van der Waals surface area contributed by atoms with Gasteiger partial charge in [0.05, 0.1) is 6.10 Å². The Hall–Kier alpha value is -0.770. The minimum absolute atomic E-state index is 0.336. The first kappa shape index (κ1) is 15.2. The van der Waals surface area contributed by atoms with Crippen molar-refractivity contribution in [3.05, 3.63) is 0 Å². The summed E-state index contributed by atoms with van der Waals surface area (Å²) in [6.07, 6.45) is 2.49. The van der Waals surface area contributed by atoms with Gasteiger partial charge in [0.2, 0.25) is 0 Å². The van der Waals surface area contributed by atoms with Crippen LogP contribution in [0.2, 0.25) is 0 Å². The summed E-state index contributed by atoms with van der Waals surface area (Å²) in [4.78, 5) is 4.46. The number of unbranched alkanes of at least 4 members (excludes halogenated alkanes) is 1. The van der Waals surface area contributed by atoms with Gasteiger partial charge in [-0.15, -0.1) is 0 Å². The highest BCUT2D eigenvalue weighted by atomic mass is 16.5. The van der Waals surface area contributed by atoms with E-state index in [1.807, 2.05) is 0 Å². The molecular weight excluding hydrogens is 202 g/mol. The summed E-state index contributed by atoms with van der Waals surface area (Å²) in [5, 5.41) is 6.40. The smallest absolute Gasteiger partial charge is 0.191 e. The molecule has 0 unspecified atom stereocenters. The van der Waals surface area contributed by atoms with Gasteiger partial charge >= 0.3 is 0 Å². The summed E-state index contributed by atoms with van der Waals surface area (Å²) in [6.45, 7) is 11.8. The van der Waals surface area contributed by atoms with Crippen molar-refractivity contribution in [1.29, 1.82) is 0 Å². The van der Waals surface area contributed by atoms with Gasteiger partial charge in [0.25, 0.3) is 0 Å². The van der Waals surface area contributed by atoms with Crippen molar-refractivity contribution in [2.45, 2.75) is 46.6 Å². The van der Waals surface area contributed by atoms with Crippen LogP contribution in [0.15, 0.2) is 4.99 Å². The van der Waals surface area contributed by atoms with E-state index in [1.165, 1.54) is 0 Å². The lowest BCUT2D eigenvalue weighted by Crippen LogP contribution is -2.37. The molecule has 0 atom stereocenters. The molecule has 0 aliphatic carbocycles. The van der Waals surface area contributed by atoms with Crippen LogP contribution in [0.25, 0.3) is 0 Å². The molecule has 0 aliphatic rings. The largest absolute Gasteiger partial charge is 0.379 e. The number of nitrogens with one attached hydrogen (secondary N) is 2. The lowest BCUT2D eigenvalue weighted by Gasteiger charge is -2.09. The zero-order valence-corrected chi connectivity index (χ0v) is 11.2. The maximum absolute atomic E-state index is 5.46. The number of hydrogen-bond donors (Lipinski definition) is 2. The molecule has 0 amide bonds. The van der Waals surface area contributed by atoms with Crippen molar-refractivity contribution >= 4 is 5.96 Å². The zero-order chi connectivity index (χ0) is 12.2. The SMILES string of the molecule is CCNC(=NCCCCOC(C)C)NCC. The fourth-order valence-corrected chi connectivity index (χ4v) is 1.23. The second-order valence-corrected chi connectivity index (χ2v) is 3.92. The molecule has 0 bridgehead atoms. The molecule has 0 saturated carbocycles. The van der Waals surface area contributed by atoms with E-state index in [0.29, 0.717) is 6.10 Å². The number of nitrogens with zero attached hydrogens (tertiary/aromatic N) is 1. The number of rotatable bonds is 8. The summed E-state index contributed by atoms with van der Waals surface area (Å²) in [5.74, 6) is 0.912. The Morgan fingerprint density at radius 2 is 1.75 bits per heavy atom. The van der Waals surface area contributed by atoms with Gasteiger partial charge in [-0.05, 0) is 40.5 Å². The average Bonchev–Trinajstić information content (AvgIpc) is 2.23. The average molecular weight is 229 g/mol. The molecule has 0 heterocycles. The third-order valence-electron chi connectivity index (χ3n) is 1.96. The first-order valence-corrected chi connectivity index (χ1v) is 6.34. The van der Waals surface area contributed by atoms with Crippen molar-refractivity contribution in [3.8, 4) is 0 Å². The summed E-state index contributed by atoms with van der Waals surface area (Å²) in [7, 11) is 0. The highest BCUT2D eigenvalue weighted by molar-refractivity contribution is 5.79. The number of guanidine groups is 1. The van der Waals surface area contributed by atoms with Gasteiger partial charge < -0.3 is 15.4 Å². The standard InChI is InChI=1S/C12H27N3O/c1-5-13-12(14-6-2)15-9-7-8-10-16-11(3)4/h11H,5-10H2,1-4H3,(H2,13,14,15). The van der Waals surface area contributed by atoms with Crippen LogP contribution in [0.1, 0.15) is 40.5 Å². The normalized spacial score (nSPS) is 10.3. The molecule has 0 saturated heterocycles. The first-order valence-electron chi connectivity index (χ1n) is 6.34. The molecule has 96 valence electrons. The fraction of sp³-hybridized carbons (Fsp3) is 0.917. The molecule has 0 radical (unpaired) electrons. The van der Waals surface area contributed by atoms with E-state index >= 15 is 0 Å². The van der Waals surface area contributed by atoms with Crippen molar-refractivity contribution in [3.63, 3.8) is 0 Å². The molecule has 2 N–H and O–H groups in total. The van der Waals surface area contributed by atoms with Crippen LogP contribution in [-0.4, -0.2) is 38.3 Å². The number of hydrogen-bond acceptors (Lipinski definition) is 2. The van der Waals surface area contributed by atoms with E-state index < -0.39 is 0 Å². The van der Waals surface area contributed by atoms with Gasteiger partial charge in [0, 0.05) is 26.2 Å². The van der Waals surface area contributed by atoms with Crippen LogP contribution in [0.3, 0.4) is 0 Å². The predicted molar refractivity (Wildman–Crippen MR) is 70.0 cm³/mol. The summed E-state index contributed by atoms with van der Waals surface area (Å²) >= 11 is 0. The molecule has 0 aromatic heterocycles. The van der Waals surface area contributed by atoms with E-state index in [-0.39, 0.29) is 0 Å². The molecule has 0 spiro atoms. The first-order chi connectivity index (χ1) is 7.70. The van der Waals surface area contributed by atoms with E-state index in [4.69, 9.17) is 4.74 Å². The third-order valence-corrected chi connectivity index (χ3v) is 1.96. The summed E-state index contributed by atoms with van der Waals surface area (Å²) in [6, 6.07) is 0. The molecule has 0 rings (SSSR count). The molecule has 0 aromatic rings. The van der Waals surface area contributed by atoms with Gasteiger partial charge in [-0.1, -0.05) is 0 Å². The van der Waals surface area contributed by atoms with E-state index in [0.717, 1.165) is 45.0 Å². The highest BCUT2D eigenvalue weighted by Gasteiger charge is 1.95. The lowest BCUT2D eigenvalue weighted by atomic mass is 10.3. The minimum Gasteiger partial charge on any atom is -0.379 e. The fourth-order valence-electron chi connectivity index (χ4n) is 1.23. The maximum Gasteiger partial charge on any atom is 0.191 e. The molecule has 4 heteroatoms. The Balaban J connectivity index is 3.53. The van der Waals surface area contributed by atoms with Crippen LogP contribution in [0.4, 0.5) is 0 Å². The summed E-state index contributed by atoms with van der Waals surface area (Å²) < 4.78 is 5.46. The quantitative estimate of drug-likeness (QED) is 0.379. The van der Waals surface area contributed by atoms with Crippen LogP contribution in [0.5, 0.6) is 0 Å². The van der Waals surface area contributed by atoms with Crippen LogP contribution in [0, 0.1) is 0 Å². The zero-order valence-electron chi connectivity index (χ0n) is 11.2. The minimum atomic E-state index is 0.336. The Morgan fingerprint density at radius 1 is 1.12 bits per heavy atom. The Kier molecular flexibility index (Phi) is 10.2. The maximum atomic E-state index is 5.46. The van der Waals surface area contributed by atoms with Gasteiger partial charge in [-0.25, -0.2) is 0 Å². The molecular formula is C12H27N3O. The second-order valence-electron chi connectivity index (χ2n) is 3.92. The van der Waals surface area contributed by atoms with Crippen LogP contribution >= 0.6 is 0 Å². The van der Waals surface area contributed by atoms with Gasteiger partial charge in [-0.3, -0.25) is 4.99 Å². The van der Waals surface area contributed by atoms with E-state index in [2.05, 4.69) is 43.3 Å². The Morgan fingerprint density at radius 3 is 2.25 bits per heavy atom. The van der Waals surface area contributed by atoms with Gasteiger partial charge in [0.15, 0.2) is 5.96 Å². The molecule has 0 fully saturated rings. The third kappa shape index (κ3) is 9.77. The number of ether oxygens (including phenoxy) is 1. The van der Waals surface area contributed by atoms with E-state index in [9.17, 15) is 0 Å². The van der Waals surface area contributed by atoms with Gasteiger partial charge in [-0.2, -0.15) is 0 Å². The molecule has 4 nitrogen and oxygen atoms in total. The Bertz CT molecular complexity index is 173. The predicted octanol–water partition coefficient (Wildman–Crippen LogP) is 1.77. The topological polar surface area (TPSA) is 45.7 Å². The van der Waals surface area contributed by atoms with Crippen molar-refractivity contribution < 1.29 is 4.74 Å². The Labute approximate surface area is 99.9 Å². The van der Waals surface area contributed by atoms with Crippen molar-refractivity contribution in [2.75, 3.05) is 26.2 Å². The van der Waals surface area contributed by atoms with Gasteiger partial charge in [0.1, 0.15) is 0 Å². The van der Waals surface area contributed by atoms with E-state index in [1.54, 1.807) is 0 Å². The molecule has 16 heavy (non-hydrogen) atoms. The van der Waals surface area contributed by atoms with Crippen molar-refractivity contribution in [2.24, 2.45) is 4.99 Å².